The van der Waals surface area contributed by atoms with E-state index in [0.29, 0.717) is 36.9 Å². The predicted molar refractivity (Wildman–Crippen MR) is 117 cm³/mol. The van der Waals surface area contributed by atoms with Crippen molar-refractivity contribution < 1.29 is 19.0 Å². The molecule has 0 spiro atoms. The van der Waals surface area contributed by atoms with E-state index in [2.05, 4.69) is 0 Å². The fraction of sp³-hybridized carbons (Fsp3) is 0.192. The molecule has 0 bridgehead atoms. The Bertz CT molecular complexity index is 1080. The van der Waals surface area contributed by atoms with Crippen LogP contribution in [-0.2, 0) is 6.61 Å². The third kappa shape index (κ3) is 4.54. The third-order valence-electron chi connectivity index (χ3n) is 5.09. The number of hydrogen-bond acceptors (Lipinski definition) is 4. The molecule has 0 fully saturated rings. The van der Waals surface area contributed by atoms with Crippen LogP contribution in [0.1, 0.15) is 32.6 Å². The smallest absolute Gasteiger partial charge is 0.189 e. The van der Waals surface area contributed by atoms with Crippen LogP contribution >= 0.6 is 0 Å². The number of carbonyl (C=O) groups excluding carboxylic acids is 1. The van der Waals surface area contributed by atoms with E-state index >= 15 is 0 Å². The number of hydrogen-bond donors (Lipinski definition) is 0. The summed E-state index contributed by atoms with van der Waals surface area (Å²) in [6, 6.07) is 19.4. The largest absolute Gasteiger partial charge is 0.488 e. The van der Waals surface area contributed by atoms with Gasteiger partial charge in [0, 0.05) is 0 Å². The molecule has 0 saturated carbocycles. The first-order chi connectivity index (χ1) is 14.6. The van der Waals surface area contributed by atoms with Gasteiger partial charge >= 0.3 is 0 Å². The monoisotopic (exact) mass is 400 g/mol. The van der Waals surface area contributed by atoms with Crippen molar-refractivity contribution in [3.8, 4) is 17.2 Å². The summed E-state index contributed by atoms with van der Waals surface area (Å²) in [6.07, 6.45) is 3.36. The number of allylic oxidation sites excluding steroid dienone is 1. The van der Waals surface area contributed by atoms with Gasteiger partial charge in [0.1, 0.15) is 25.6 Å². The highest BCUT2D eigenvalue weighted by Crippen LogP contribution is 2.31. The van der Waals surface area contributed by atoms with Crippen LogP contribution in [0, 0.1) is 13.8 Å². The molecule has 0 saturated heterocycles. The van der Waals surface area contributed by atoms with Crippen LogP contribution in [0.3, 0.4) is 0 Å². The molecule has 0 atom stereocenters. The van der Waals surface area contributed by atoms with Crippen molar-refractivity contribution in [2.24, 2.45) is 0 Å². The Morgan fingerprint density at radius 2 is 1.67 bits per heavy atom. The van der Waals surface area contributed by atoms with Crippen LogP contribution in [0.2, 0.25) is 0 Å². The maximum absolute atomic E-state index is 13.0. The summed E-state index contributed by atoms with van der Waals surface area (Å²) in [5, 5.41) is 0. The molecule has 0 N–H and O–H groups in total. The summed E-state index contributed by atoms with van der Waals surface area (Å²) in [7, 11) is 0. The van der Waals surface area contributed by atoms with Crippen molar-refractivity contribution in [3.05, 3.63) is 94.6 Å². The predicted octanol–water partition coefficient (Wildman–Crippen LogP) is 5.55. The topological polar surface area (TPSA) is 44.8 Å². The van der Waals surface area contributed by atoms with Crippen molar-refractivity contribution in [2.75, 3.05) is 13.2 Å². The number of rotatable bonds is 6. The number of benzene rings is 3. The van der Waals surface area contributed by atoms with Crippen molar-refractivity contribution in [2.45, 2.75) is 20.5 Å². The van der Waals surface area contributed by atoms with E-state index in [0.717, 1.165) is 28.0 Å². The Morgan fingerprint density at radius 3 is 2.47 bits per heavy atom. The van der Waals surface area contributed by atoms with Gasteiger partial charge in [-0.15, -0.1) is 0 Å². The van der Waals surface area contributed by atoms with Gasteiger partial charge in [0.05, 0.1) is 5.56 Å². The minimum atomic E-state index is -0.101. The molecule has 4 heteroatoms. The highest BCUT2D eigenvalue weighted by molar-refractivity contribution is 6.08. The molecule has 1 aliphatic heterocycles. The zero-order valence-corrected chi connectivity index (χ0v) is 17.2. The zero-order chi connectivity index (χ0) is 20.9. The Balaban J connectivity index is 1.55. The van der Waals surface area contributed by atoms with Gasteiger partial charge in [-0.05, 0) is 66.4 Å². The van der Waals surface area contributed by atoms with Gasteiger partial charge in [0.25, 0.3) is 0 Å². The van der Waals surface area contributed by atoms with E-state index < -0.39 is 0 Å². The minimum absolute atomic E-state index is 0.101. The second kappa shape index (κ2) is 8.87. The molecule has 30 heavy (non-hydrogen) atoms. The summed E-state index contributed by atoms with van der Waals surface area (Å²) < 4.78 is 17.2. The van der Waals surface area contributed by atoms with E-state index in [1.165, 1.54) is 0 Å². The summed E-state index contributed by atoms with van der Waals surface area (Å²) in [6.45, 7) is 5.51. The normalized spacial score (nSPS) is 12.7. The van der Waals surface area contributed by atoms with Crippen LogP contribution in [0.25, 0.3) is 6.08 Å². The Labute approximate surface area is 176 Å². The Kier molecular flexibility index (Phi) is 5.84. The molecule has 4 nitrogen and oxygen atoms in total. The summed E-state index contributed by atoms with van der Waals surface area (Å²) in [5.74, 6) is 1.93. The molecular weight excluding hydrogens is 376 g/mol. The maximum Gasteiger partial charge on any atom is 0.189 e. The van der Waals surface area contributed by atoms with E-state index in [-0.39, 0.29) is 5.78 Å². The van der Waals surface area contributed by atoms with Gasteiger partial charge in [-0.25, -0.2) is 0 Å². The van der Waals surface area contributed by atoms with Crippen LogP contribution in [0.5, 0.6) is 17.2 Å². The molecule has 152 valence electrons. The van der Waals surface area contributed by atoms with Crippen LogP contribution in [0.15, 0.2) is 66.7 Å². The summed E-state index contributed by atoms with van der Waals surface area (Å²) >= 11 is 0. The SMILES string of the molecule is Cc1cc(OCc2ccccc2)c(C(=O)C=Cc2ccc3c(c2)OCCO3)cc1C. The number of carbonyl (C=O) groups is 1. The zero-order valence-electron chi connectivity index (χ0n) is 17.2. The fourth-order valence-electron chi connectivity index (χ4n) is 3.26. The molecule has 0 unspecified atom stereocenters. The van der Waals surface area contributed by atoms with E-state index in [4.69, 9.17) is 14.2 Å². The van der Waals surface area contributed by atoms with Crippen LogP contribution < -0.4 is 14.2 Å². The van der Waals surface area contributed by atoms with Crippen LogP contribution in [-0.4, -0.2) is 19.0 Å². The lowest BCUT2D eigenvalue weighted by molar-refractivity contribution is 0.104. The molecule has 0 aromatic heterocycles. The highest BCUT2D eigenvalue weighted by Gasteiger charge is 2.14. The first-order valence-electron chi connectivity index (χ1n) is 10.0. The Morgan fingerprint density at radius 1 is 0.933 bits per heavy atom. The van der Waals surface area contributed by atoms with E-state index in [1.54, 1.807) is 12.2 Å². The average molecular weight is 400 g/mol. The first-order valence-corrected chi connectivity index (χ1v) is 10.0. The number of aryl methyl sites for hydroxylation is 2. The maximum atomic E-state index is 13.0. The minimum Gasteiger partial charge on any atom is -0.488 e. The number of ether oxygens (including phenoxy) is 3. The molecular formula is C26H24O4. The molecule has 0 amide bonds. The van der Waals surface area contributed by atoms with Crippen molar-refractivity contribution in [1.29, 1.82) is 0 Å². The lowest BCUT2D eigenvalue weighted by atomic mass is 10.0. The number of fused-ring (bicyclic) bond motifs is 1. The Hall–Kier alpha value is -3.53. The van der Waals surface area contributed by atoms with Gasteiger partial charge in [-0.3, -0.25) is 4.79 Å². The van der Waals surface area contributed by atoms with Crippen molar-refractivity contribution >= 4 is 11.9 Å². The second-order valence-electron chi connectivity index (χ2n) is 7.31. The average Bonchev–Trinajstić information content (AvgIpc) is 2.78. The third-order valence-corrected chi connectivity index (χ3v) is 5.09. The quantitative estimate of drug-likeness (QED) is 0.402. The van der Waals surface area contributed by atoms with E-state index in [9.17, 15) is 4.79 Å². The van der Waals surface area contributed by atoms with Crippen molar-refractivity contribution in [3.63, 3.8) is 0 Å². The molecule has 0 radical (unpaired) electrons. The van der Waals surface area contributed by atoms with Gasteiger partial charge in [0.2, 0.25) is 0 Å². The van der Waals surface area contributed by atoms with Crippen molar-refractivity contribution in [1.82, 2.24) is 0 Å². The fourth-order valence-corrected chi connectivity index (χ4v) is 3.26. The van der Waals surface area contributed by atoms with E-state index in [1.807, 2.05) is 74.5 Å². The summed E-state index contributed by atoms with van der Waals surface area (Å²) in [5.41, 5.74) is 4.63. The first kappa shape index (κ1) is 19.8. The highest BCUT2D eigenvalue weighted by atomic mass is 16.6. The molecule has 1 heterocycles. The summed E-state index contributed by atoms with van der Waals surface area (Å²) in [4.78, 5) is 13.0. The lowest BCUT2D eigenvalue weighted by Gasteiger charge is -2.18. The molecule has 0 aliphatic carbocycles. The van der Waals surface area contributed by atoms with Gasteiger partial charge in [0.15, 0.2) is 17.3 Å². The van der Waals surface area contributed by atoms with Gasteiger partial charge in [-0.2, -0.15) is 0 Å². The lowest BCUT2D eigenvalue weighted by Crippen LogP contribution is -2.15. The molecule has 3 aromatic rings. The second-order valence-corrected chi connectivity index (χ2v) is 7.31. The molecule has 1 aliphatic rings. The molecule has 4 rings (SSSR count). The number of ketones is 1. The van der Waals surface area contributed by atoms with Gasteiger partial charge in [-0.1, -0.05) is 42.5 Å². The molecule has 3 aromatic carbocycles. The standard InChI is InChI=1S/C26H24O4/c1-18-14-22(25(15-19(18)2)30-17-21-6-4-3-5-7-21)23(27)10-8-20-9-11-24-26(16-20)29-13-12-28-24/h3-11,14-16H,12-13,17H2,1-2H3. The van der Waals surface area contributed by atoms with Gasteiger partial charge < -0.3 is 14.2 Å². The van der Waals surface area contributed by atoms with Crippen LogP contribution in [0.4, 0.5) is 0 Å².